The number of aromatic nitrogens is 2. The summed E-state index contributed by atoms with van der Waals surface area (Å²) in [6.07, 6.45) is 1.04. The van der Waals surface area contributed by atoms with Gasteiger partial charge in [0.1, 0.15) is 11.8 Å². The number of sulfone groups is 1. The molecule has 12 heteroatoms. The maximum absolute atomic E-state index is 12.4. The van der Waals surface area contributed by atoms with E-state index in [9.17, 15) is 18.0 Å². The molecule has 2 aromatic rings. The van der Waals surface area contributed by atoms with Gasteiger partial charge in [-0.05, 0) is 12.1 Å². The molecule has 0 saturated heterocycles. The zero-order chi connectivity index (χ0) is 22.1. The summed E-state index contributed by atoms with van der Waals surface area (Å²) in [5.74, 6) is -1.25. The van der Waals surface area contributed by atoms with Crippen LogP contribution in [0.2, 0.25) is 5.15 Å². The third-order valence-corrected chi connectivity index (χ3v) is 5.60. The molecule has 0 aliphatic heterocycles. The van der Waals surface area contributed by atoms with E-state index in [-0.39, 0.29) is 17.0 Å². The van der Waals surface area contributed by atoms with E-state index in [2.05, 4.69) is 27.2 Å². The standard InChI is InChI=1S/C18H19ClN4O6S/c1-3-15(22-18(25)23-17-20-13(19)11-14(21-17)28-2)30(26,27)10-9-29-16(24)12-7-5-4-6-8-12/h3-8,11,15H,1,9-10H2,2H3,(H2,20,21,22,23,25). The Kier molecular flexibility index (Phi) is 8.13. The summed E-state index contributed by atoms with van der Waals surface area (Å²) in [6, 6.07) is 8.56. The quantitative estimate of drug-likeness (QED) is 0.333. The molecule has 1 unspecified atom stereocenters. The fourth-order valence-corrected chi connectivity index (χ4v) is 3.48. The van der Waals surface area contributed by atoms with Gasteiger partial charge in [0, 0.05) is 6.07 Å². The summed E-state index contributed by atoms with van der Waals surface area (Å²) < 4.78 is 34.8. The Balaban J connectivity index is 1.93. The Morgan fingerprint density at radius 2 is 1.97 bits per heavy atom. The lowest BCUT2D eigenvalue weighted by atomic mass is 10.2. The molecule has 0 saturated carbocycles. The summed E-state index contributed by atoms with van der Waals surface area (Å²) in [7, 11) is -2.56. The molecular weight excluding hydrogens is 436 g/mol. The van der Waals surface area contributed by atoms with Crippen molar-refractivity contribution in [3.63, 3.8) is 0 Å². The summed E-state index contributed by atoms with van der Waals surface area (Å²) in [6.45, 7) is 3.03. The molecule has 1 aromatic carbocycles. The molecule has 2 amide bonds. The molecule has 160 valence electrons. The van der Waals surface area contributed by atoms with Crippen LogP contribution in [0, 0.1) is 0 Å². The minimum absolute atomic E-state index is 0.0188. The second kappa shape index (κ2) is 10.6. The number of halogens is 1. The van der Waals surface area contributed by atoms with E-state index in [1.807, 2.05) is 0 Å². The van der Waals surface area contributed by atoms with Crippen molar-refractivity contribution in [1.82, 2.24) is 15.3 Å². The van der Waals surface area contributed by atoms with E-state index in [0.717, 1.165) is 6.08 Å². The Labute approximate surface area is 178 Å². The number of benzene rings is 1. The summed E-state index contributed by atoms with van der Waals surface area (Å²) in [5.41, 5.74) is 0.296. The van der Waals surface area contributed by atoms with Gasteiger partial charge in [0.2, 0.25) is 11.8 Å². The van der Waals surface area contributed by atoms with Crippen LogP contribution in [-0.2, 0) is 14.6 Å². The first-order valence-corrected chi connectivity index (χ1v) is 10.6. The van der Waals surface area contributed by atoms with Crippen LogP contribution in [0.5, 0.6) is 5.88 Å². The van der Waals surface area contributed by atoms with Crippen molar-refractivity contribution >= 4 is 39.4 Å². The Hall–Kier alpha value is -3.18. The molecule has 10 nitrogen and oxygen atoms in total. The molecule has 0 fully saturated rings. The lowest BCUT2D eigenvalue weighted by Gasteiger charge is -2.16. The second-order valence-corrected chi connectivity index (χ2v) is 8.31. The molecule has 0 aliphatic carbocycles. The fraction of sp³-hybridized carbons (Fsp3) is 0.222. The van der Waals surface area contributed by atoms with Crippen LogP contribution in [0.25, 0.3) is 0 Å². The Morgan fingerprint density at radius 3 is 2.60 bits per heavy atom. The third kappa shape index (κ3) is 6.71. The van der Waals surface area contributed by atoms with Gasteiger partial charge in [0.25, 0.3) is 0 Å². The van der Waals surface area contributed by atoms with Crippen molar-refractivity contribution in [2.24, 2.45) is 0 Å². The van der Waals surface area contributed by atoms with Crippen molar-refractivity contribution in [2.45, 2.75) is 5.37 Å². The highest BCUT2D eigenvalue weighted by atomic mass is 35.5. The number of esters is 1. The zero-order valence-electron chi connectivity index (χ0n) is 15.9. The molecule has 2 rings (SSSR count). The van der Waals surface area contributed by atoms with E-state index < -0.39 is 39.6 Å². The van der Waals surface area contributed by atoms with Crippen LogP contribution in [-0.4, -0.2) is 55.2 Å². The summed E-state index contributed by atoms with van der Waals surface area (Å²) in [4.78, 5) is 31.6. The number of hydrogen-bond donors (Lipinski definition) is 2. The summed E-state index contributed by atoms with van der Waals surface area (Å²) in [5, 5.41) is 3.06. The second-order valence-electron chi connectivity index (χ2n) is 5.68. The molecule has 1 heterocycles. The molecule has 0 aliphatic rings. The van der Waals surface area contributed by atoms with Gasteiger partial charge in [0.15, 0.2) is 15.2 Å². The highest BCUT2D eigenvalue weighted by molar-refractivity contribution is 7.92. The number of ether oxygens (including phenoxy) is 2. The lowest BCUT2D eigenvalue weighted by Crippen LogP contribution is -2.43. The van der Waals surface area contributed by atoms with Crippen LogP contribution in [0.1, 0.15) is 10.4 Å². The molecule has 2 N–H and O–H groups in total. The monoisotopic (exact) mass is 454 g/mol. The first-order chi connectivity index (χ1) is 14.2. The van der Waals surface area contributed by atoms with Gasteiger partial charge in [-0.2, -0.15) is 4.98 Å². The molecular formula is C18H19ClN4O6S. The molecule has 0 spiro atoms. The first-order valence-electron chi connectivity index (χ1n) is 8.47. The van der Waals surface area contributed by atoms with E-state index >= 15 is 0 Å². The minimum atomic E-state index is -3.92. The minimum Gasteiger partial charge on any atom is -0.481 e. The average Bonchev–Trinajstić information content (AvgIpc) is 2.71. The SMILES string of the molecule is C=CC(NC(=O)Nc1nc(Cl)cc(OC)n1)S(=O)(=O)CCOC(=O)c1ccccc1. The normalized spacial score (nSPS) is 11.8. The number of hydrogen-bond acceptors (Lipinski definition) is 8. The van der Waals surface area contributed by atoms with Crippen LogP contribution in [0.15, 0.2) is 49.1 Å². The number of nitrogens with one attached hydrogen (secondary N) is 2. The van der Waals surface area contributed by atoms with Gasteiger partial charge in [-0.1, -0.05) is 35.9 Å². The van der Waals surface area contributed by atoms with Crippen molar-refractivity contribution in [1.29, 1.82) is 0 Å². The van der Waals surface area contributed by atoms with Crippen LogP contribution < -0.4 is 15.4 Å². The Bertz CT molecular complexity index is 1020. The van der Waals surface area contributed by atoms with Gasteiger partial charge in [0.05, 0.1) is 18.4 Å². The van der Waals surface area contributed by atoms with Crippen molar-refractivity contribution in [3.8, 4) is 5.88 Å². The lowest BCUT2D eigenvalue weighted by molar-refractivity contribution is 0.0529. The highest BCUT2D eigenvalue weighted by Gasteiger charge is 2.25. The van der Waals surface area contributed by atoms with Crippen LogP contribution in [0.3, 0.4) is 0 Å². The predicted octanol–water partition coefficient (Wildman–Crippen LogP) is 2.04. The van der Waals surface area contributed by atoms with Crippen molar-refractivity contribution in [3.05, 3.63) is 59.8 Å². The van der Waals surface area contributed by atoms with Crippen LogP contribution >= 0.6 is 11.6 Å². The molecule has 0 bridgehead atoms. The molecule has 1 atom stereocenters. The maximum atomic E-state index is 12.4. The zero-order valence-corrected chi connectivity index (χ0v) is 17.4. The van der Waals surface area contributed by atoms with Gasteiger partial charge >= 0.3 is 12.0 Å². The van der Waals surface area contributed by atoms with E-state index in [1.54, 1.807) is 30.3 Å². The number of carbonyl (C=O) groups excluding carboxylic acids is 2. The van der Waals surface area contributed by atoms with E-state index in [1.165, 1.54) is 13.2 Å². The topological polar surface area (TPSA) is 137 Å². The molecule has 1 aromatic heterocycles. The average molecular weight is 455 g/mol. The number of methoxy groups -OCH3 is 1. The number of carbonyl (C=O) groups is 2. The smallest absolute Gasteiger partial charge is 0.338 e. The van der Waals surface area contributed by atoms with Crippen molar-refractivity contribution in [2.75, 3.05) is 24.8 Å². The molecule has 30 heavy (non-hydrogen) atoms. The van der Waals surface area contributed by atoms with Gasteiger partial charge in [-0.15, -0.1) is 6.58 Å². The van der Waals surface area contributed by atoms with Gasteiger partial charge in [-0.3, -0.25) is 5.32 Å². The van der Waals surface area contributed by atoms with E-state index in [4.69, 9.17) is 21.1 Å². The fourth-order valence-electron chi connectivity index (χ4n) is 2.15. The van der Waals surface area contributed by atoms with Crippen LogP contribution in [0.4, 0.5) is 10.7 Å². The first kappa shape index (κ1) is 23.1. The molecule has 0 radical (unpaired) electrons. The summed E-state index contributed by atoms with van der Waals surface area (Å²) >= 11 is 5.79. The Morgan fingerprint density at radius 1 is 1.27 bits per heavy atom. The largest absolute Gasteiger partial charge is 0.481 e. The van der Waals surface area contributed by atoms with E-state index in [0.29, 0.717) is 5.56 Å². The van der Waals surface area contributed by atoms with Gasteiger partial charge in [-0.25, -0.2) is 23.0 Å². The number of amides is 2. The number of rotatable bonds is 9. The maximum Gasteiger partial charge on any atom is 0.338 e. The number of urea groups is 1. The third-order valence-electron chi connectivity index (χ3n) is 3.59. The number of nitrogens with zero attached hydrogens (tertiary/aromatic N) is 2. The number of anilines is 1. The van der Waals surface area contributed by atoms with Crippen molar-refractivity contribution < 1.29 is 27.5 Å². The highest BCUT2D eigenvalue weighted by Crippen LogP contribution is 2.15. The van der Waals surface area contributed by atoms with Gasteiger partial charge < -0.3 is 14.8 Å². The predicted molar refractivity (Wildman–Crippen MR) is 110 cm³/mol.